The summed E-state index contributed by atoms with van der Waals surface area (Å²) in [7, 11) is 0. The predicted molar refractivity (Wildman–Crippen MR) is 168 cm³/mol. The summed E-state index contributed by atoms with van der Waals surface area (Å²) in [5.74, 6) is 1.27. The van der Waals surface area contributed by atoms with Crippen LogP contribution in [0.15, 0.2) is 11.6 Å². The van der Waals surface area contributed by atoms with Crippen LogP contribution in [-0.2, 0) is 9.53 Å². The third-order valence-corrected chi connectivity index (χ3v) is 15.8. The highest BCUT2D eigenvalue weighted by atomic mass is 16.6. The third kappa shape index (κ3) is 4.31. The Kier molecular flexibility index (Phi) is 7.96. The normalized spacial score (nSPS) is 53.6. The van der Waals surface area contributed by atoms with Crippen LogP contribution in [0.3, 0.4) is 0 Å². The summed E-state index contributed by atoms with van der Waals surface area (Å²) in [5.41, 5.74) is 1.26. The van der Waals surface area contributed by atoms with Gasteiger partial charge in [-0.2, -0.15) is 0 Å². The highest BCUT2D eigenvalue weighted by Gasteiger charge is 2.69. The van der Waals surface area contributed by atoms with Gasteiger partial charge in [0.25, 0.3) is 0 Å². The number of rotatable bonds is 4. The molecule has 0 aromatic carbocycles. The van der Waals surface area contributed by atoms with Crippen molar-refractivity contribution in [3.63, 3.8) is 0 Å². The second kappa shape index (κ2) is 10.6. The first kappa shape index (κ1) is 33.1. The zero-order valence-corrected chi connectivity index (χ0v) is 28.3. The van der Waals surface area contributed by atoms with Crippen molar-refractivity contribution >= 4 is 6.29 Å². The monoisotopic (exact) mass is 616 g/mol. The van der Waals surface area contributed by atoms with Crippen molar-refractivity contribution in [2.45, 2.75) is 149 Å². The van der Waals surface area contributed by atoms with Gasteiger partial charge in [-0.15, -0.1) is 0 Å². The average Bonchev–Trinajstić information content (AvgIpc) is 2.95. The first-order valence-corrected chi connectivity index (χ1v) is 17.6. The van der Waals surface area contributed by atoms with Gasteiger partial charge in [-0.25, -0.2) is 0 Å². The molecule has 6 rings (SSSR count). The van der Waals surface area contributed by atoms with E-state index < -0.39 is 48.6 Å². The predicted octanol–water partition coefficient (Wildman–Crippen LogP) is 4.81. The minimum absolute atomic E-state index is 0.00833. The van der Waals surface area contributed by atoms with Crippen LogP contribution in [0.25, 0.3) is 0 Å². The molecule has 14 atom stereocenters. The first-order valence-electron chi connectivity index (χ1n) is 17.6. The number of hydrogen-bond donors (Lipinski definition) is 5. The molecule has 6 aliphatic rings. The fourth-order valence-electron chi connectivity index (χ4n) is 12.8. The van der Waals surface area contributed by atoms with Crippen molar-refractivity contribution in [3.05, 3.63) is 11.6 Å². The van der Waals surface area contributed by atoms with Gasteiger partial charge in [0.2, 0.25) is 0 Å². The molecule has 0 amide bonds. The van der Waals surface area contributed by atoms with E-state index in [-0.39, 0.29) is 38.9 Å². The van der Waals surface area contributed by atoms with E-state index in [1.54, 1.807) is 0 Å². The molecule has 0 aromatic rings. The number of hydrogen-bond acceptors (Lipinski definition) is 7. The summed E-state index contributed by atoms with van der Waals surface area (Å²) >= 11 is 0. The quantitative estimate of drug-likeness (QED) is 0.227. The van der Waals surface area contributed by atoms with Crippen molar-refractivity contribution in [3.8, 4) is 0 Å². The molecule has 0 spiro atoms. The molecule has 5 aliphatic carbocycles. The van der Waals surface area contributed by atoms with E-state index in [9.17, 15) is 30.3 Å². The Morgan fingerprint density at radius 1 is 0.886 bits per heavy atom. The van der Waals surface area contributed by atoms with Gasteiger partial charge in [-0.05, 0) is 109 Å². The van der Waals surface area contributed by atoms with Gasteiger partial charge in [-0.1, -0.05) is 60.1 Å². The summed E-state index contributed by atoms with van der Waals surface area (Å²) < 4.78 is 6.01. The van der Waals surface area contributed by atoms with Crippen LogP contribution in [0.2, 0.25) is 0 Å². The van der Waals surface area contributed by atoms with Gasteiger partial charge in [0.05, 0.1) is 12.7 Å². The Bertz CT molecular complexity index is 1160. The number of carbonyl (C=O) groups is 1. The summed E-state index contributed by atoms with van der Waals surface area (Å²) in [6.45, 7) is 16.4. The fourth-order valence-corrected chi connectivity index (χ4v) is 12.8. The Balaban J connectivity index is 1.39. The van der Waals surface area contributed by atoms with E-state index in [2.05, 4.69) is 54.5 Å². The maximum atomic E-state index is 12.3. The Hall–Kier alpha value is -0.830. The van der Waals surface area contributed by atoms with Crippen molar-refractivity contribution in [1.29, 1.82) is 0 Å². The molecule has 44 heavy (non-hydrogen) atoms. The Morgan fingerprint density at radius 3 is 2.23 bits per heavy atom. The highest BCUT2D eigenvalue weighted by molar-refractivity contribution is 5.55. The van der Waals surface area contributed by atoms with Crippen molar-refractivity contribution in [1.82, 2.24) is 0 Å². The average molecular weight is 617 g/mol. The van der Waals surface area contributed by atoms with Crippen molar-refractivity contribution in [2.24, 2.45) is 56.2 Å². The standard InChI is InChI=1S/C37H60O7/c1-32(2)14-16-37(31(43)30-29(42)28(41)27(40)24(20-39)44-30)17-15-35(6)22(23(37)18-32)8-9-26-34(5)12-10-21(19-38)33(3,4)25(34)11-13-36(26,35)7/h8,19,21,23-31,39-43H,9-18,20H2,1-7H3/t21-,23?,24?,25?,26?,27+,28?,29?,30+,31-,34+,35-,36-,37+/m1/s1. The van der Waals surface area contributed by atoms with Crippen LogP contribution < -0.4 is 0 Å². The van der Waals surface area contributed by atoms with Gasteiger partial charge in [-0.3, -0.25) is 0 Å². The lowest BCUT2D eigenvalue weighted by molar-refractivity contribution is -0.272. The minimum Gasteiger partial charge on any atom is -0.394 e. The van der Waals surface area contributed by atoms with E-state index in [1.807, 2.05) is 0 Å². The summed E-state index contributed by atoms with van der Waals surface area (Å²) in [6.07, 6.45) is 6.04. The SMILES string of the molecule is CC1(C)CC[C@]2([C@H](O)[C@H]3OC(CO)[C@H](O)C(O)C3O)CC[C@]3(C)C(=CCC4[C@@]5(C)CC[C@H](C=O)C(C)(C)C5CC[C@]43C)C2C1. The van der Waals surface area contributed by atoms with E-state index in [1.165, 1.54) is 11.9 Å². The van der Waals surface area contributed by atoms with Gasteiger partial charge in [0, 0.05) is 11.3 Å². The Labute approximate surface area is 264 Å². The zero-order valence-electron chi connectivity index (χ0n) is 28.3. The molecule has 7 heteroatoms. The second-order valence-corrected chi connectivity index (χ2v) is 18.3. The molecular weight excluding hydrogens is 556 g/mol. The van der Waals surface area contributed by atoms with E-state index in [4.69, 9.17) is 4.74 Å². The summed E-state index contributed by atoms with van der Waals surface area (Å²) in [4.78, 5) is 12.1. The molecule has 1 heterocycles. The molecule has 4 saturated carbocycles. The van der Waals surface area contributed by atoms with E-state index in [0.717, 1.165) is 64.2 Å². The largest absolute Gasteiger partial charge is 0.394 e. The number of ether oxygens (including phenoxy) is 1. The molecule has 7 nitrogen and oxygen atoms in total. The lowest BCUT2D eigenvalue weighted by atomic mass is 9.33. The second-order valence-electron chi connectivity index (χ2n) is 18.3. The molecule has 6 unspecified atom stereocenters. The highest BCUT2D eigenvalue weighted by Crippen LogP contribution is 2.76. The van der Waals surface area contributed by atoms with Crippen LogP contribution in [0.1, 0.15) is 113 Å². The van der Waals surface area contributed by atoms with Crippen molar-refractivity contribution < 1.29 is 35.1 Å². The molecule has 1 saturated heterocycles. The maximum absolute atomic E-state index is 12.3. The molecule has 0 bridgehead atoms. The van der Waals surface area contributed by atoms with Crippen LogP contribution >= 0.6 is 0 Å². The Morgan fingerprint density at radius 2 is 1.57 bits per heavy atom. The number of aldehydes is 1. The van der Waals surface area contributed by atoms with Crippen LogP contribution in [0, 0.1) is 56.2 Å². The van der Waals surface area contributed by atoms with Crippen LogP contribution in [0.4, 0.5) is 0 Å². The van der Waals surface area contributed by atoms with Gasteiger partial charge < -0.3 is 35.1 Å². The molecule has 0 aromatic heterocycles. The molecule has 1 aliphatic heterocycles. The number of aliphatic hydroxyl groups is 5. The summed E-state index contributed by atoms with van der Waals surface area (Å²) in [5, 5.41) is 54.4. The van der Waals surface area contributed by atoms with Gasteiger partial charge in [0.15, 0.2) is 0 Å². The lowest BCUT2D eigenvalue weighted by Gasteiger charge is -2.72. The van der Waals surface area contributed by atoms with Gasteiger partial charge >= 0.3 is 0 Å². The molecule has 250 valence electrons. The molecule has 5 N–H and O–H groups in total. The topological polar surface area (TPSA) is 127 Å². The number of fused-ring (bicyclic) bond motifs is 7. The smallest absolute Gasteiger partial charge is 0.123 e. The molecule has 0 radical (unpaired) electrons. The molecule has 5 fully saturated rings. The van der Waals surface area contributed by atoms with Gasteiger partial charge in [0.1, 0.15) is 36.8 Å². The number of carbonyl (C=O) groups excluding carboxylic acids is 1. The maximum Gasteiger partial charge on any atom is 0.123 e. The number of aliphatic hydroxyl groups excluding tert-OH is 5. The third-order valence-electron chi connectivity index (χ3n) is 15.8. The van der Waals surface area contributed by atoms with E-state index in [0.29, 0.717) is 11.8 Å². The molecular formula is C37H60O7. The first-order chi connectivity index (χ1) is 20.4. The fraction of sp³-hybridized carbons (Fsp3) is 0.919. The summed E-state index contributed by atoms with van der Waals surface area (Å²) in [6, 6.07) is 0. The van der Waals surface area contributed by atoms with Crippen molar-refractivity contribution in [2.75, 3.05) is 6.61 Å². The van der Waals surface area contributed by atoms with E-state index >= 15 is 0 Å². The zero-order chi connectivity index (χ0) is 32.3. The number of allylic oxidation sites excluding steroid dienone is 2. The van der Waals surface area contributed by atoms with Crippen LogP contribution in [-0.4, -0.2) is 75.0 Å². The lowest BCUT2D eigenvalue weighted by Crippen LogP contribution is -2.68. The minimum atomic E-state index is -1.49. The van der Waals surface area contributed by atoms with Crippen LogP contribution in [0.5, 0.6) is 0 Å².